The predicted molar refractivity (Wildman–Crippen MR) is 93.9 cm³/mol. The Hall–Kier alpha value is -2.88. The first-order valence-corrected chi connectivity index (χ1v) is 8.62. The van der Waals surface area contributed by atoms with Gasteiger partial charge in [0.2, 0.25) is 0 Å². The monoisotopic (exact) mass is 397 g/mol. The van der Waals surface area contributed by atoms with E-state index < -0.39 is 24.7 Å². The van der Waals surface area contributed by atoms with Crippen LogP contribution in [0.1, 0.15) is 12.8 Å². The lowest BCUT2D eigenvalue weighted by molar-refractivity contribution is -0.199. The second kappa shape index (κ2) is 8.42. The van der Waals surface area contributed by atoms with Crippen LogP contribution in [0.5, 0.6) is 5.75 Å². The number of aromatic nitrogens is 1. The molecule has 1 amide bonds. The van der Waals surface area contributed by atoms with Crippen LogP contribution in [0.25, 0.3) is 10.8 Å². The number of hydrogen-bond donors (Lipinski definition) is 2. The summed E-state index contributed by atoms with van der Waals surface area (Å²) < 4.78 is 46.7. The summed E-state index contributed by atoms with van der Waals surface area (Å²) in [6.45, 7) is 0.543. The molecule has 0 radical (unpaired) electrons. The van der Waals surface area contributed by atoms with Gasteiger partial charge in [0.05, 0.1) is 5.69 Å². The molecule has 1 saturated heterocycles. The van der Waals surface area contributed by atoms with Gasteiger partial charge in [-0.3, -0.25) is 9.78 Å². The molecule has 1 fully saturated rings. The molecule has 1 aromatic heterocycles. The van der Waals surface area contributed by atoms with Crippen molar-refractivity contribution in [3.8, 4) is 5.75 Å². The molecule has 1 aliphatic rings. The number of halogens is 3. The number of benzene rings is 1. The quantitative estimate of drug-likeness (QED) is 0.754. The number of rotatable bonds is 5. The summed E-state index contributed by atoms with van der Waals surface area (Å²) in [6, 6.07) is 5.10. The average Bonchev–Trinajstić information content (AvgIpc) is 2.68. The number of fused-ring (bicyclic) bond motifs is 1. The second-order valence-corrected chi connectivity index (χ2v) is 6.22. The molecule has 10 heteroatoms. The molecule has 2 aromatic rings. The molecule has 0 saturated carbocycles. The maximum atomic E-state index is 12.2. The number of piperidine rings is 1. The van der Waals surface area contributed by atoms with Crippen LogP contribution in [0.2, 0.25) is 0 Å². The van der Waals surface area contributed by atoms with E-state index in [4.69, 9.17) is 4.74 Å². The first kappa shape index (κ1) is 19.9. The van der Waals surface area contributed by atoms with Crippen molar-refractivity contribution in [2.45, 2.75) is 25.1 Å². The molecule has 28 heavy (non-hydrogen) atoms. The van der Waals surface area contributed by atoms with Crippen molar-refractivity contribution in [1.82, 2.24) is 10.3 Å². The fraction of sp³-hybridized carbons (Fsp3) is 0.389. The van der Waals surface area contributed by atoms with Crippen molar-refractivity contribution < 1.29 is 32.2 Å². The van der Waals surface area contributed by atoms with Gasteiger partial charge in [-0.1, -0.05) is 0 Å². The Kier molecular flexibility index (Phi) is 5.98. The number of amides is 1. The third kappa shape index (κ3) is 4.89. The van der Waals surface area contributed by atoms with Crippen molar-refractivity contribution in [2.24, 2.45) is 0 Å². The molecule has 0 atom stereocenters. The first-order chi connectivity index (χ1) is 13.3. The summed E-state index contributed by atoms with van der Waals surface area (Å²) >= 11 is 0. The maximum absolute atomic E-state index is 12.2. The van der Waals surface area contributed by atoms with E-state index in [2.05, 4.69) is 20.4 Å². The van der Waals surface area contributed by atoms with Crippen LogP contribution in [0.15, 0.2) is 30.6 Å². The molecule has 0 unspecified atom stereocenters. The second-order valence-electron chi connectivity index (χ2n) is 6.22. The van der Waals surface area contributed by atoms with Gasteiger partial charge in [-0.25, -0.2) is 4.79 Å². The smallest absolute Gasteiger partial charge is 0.488 e. The summed E-state index contributed by atoms with van der Waals surface area (Å²) in [5.74, 6) is -2.94. The normalized spacial score (nSPS) is 15.2. The Morgan fingerprint density at radius 1 is 1.21 bits per heavy atom. The molecule has 2 N–H and O–H groups in total. The molecule has 7 nitrogen and oxygen atoms in total. The van der Waals surface area contributed by atoms with Gasteiger partial charge in [-0.05, 0) is 44.1 Å². The zero-order valence-corrected chi connectivity index (χ0v) is 14.7. The number of hydrogen-bond acceptors (Lipinski definition) is 6. The highest BCUT2D eigenvalue weighted by molar-refractivity contribution is 6.05. The fourth-order valence-corrected chi connectivity index (χ4v) is 2.86. The van der Waals surface area contributed by atoms with E-state index in [1.807, 2.05) is 0 Å². The van der Waals surface area contributed by atoms with Crippen LogP contribution in [0.3, 0.4) is 0 Å². The highest BCUT2D eigenvalue weighted by atomic mass is 19.4. The number of ether oxygens (including phenoxy) is 2. The summed E-state index contributed by atoms with van der Waals surface area (Å²) in [5, 5.41) is 7.04. The van der Waals surface area contributed by atoms with E-state index in [9.17, 15) is 22.8 Å². The Morgan fingerprint density at radius 2 is 1.96 bits per heavy atom. The Bertz CT molecular complexity index is 867. The number of anilines is 1. The van der Waals surface area contributed by atoms with E-state index in [1.165, 1.54) is 6.20 Å². The van der Waals surface area contributed by atoms with Crippen LogP contribution in [-0.2, 0) is 14.3 Å². The van der Waals surface area contributed by atoms with Gasteiger partial charge in [-0.15, -0.1) is 0 Å². The van der Waals surface area contributed by atoms with Crippen molar-refractivity contribution >= 4 is 28.3 Å². The van der Waals surface area contributed by atoms with Crippen LogP contribution in [0, 0.1) is 0 Å². The molecule has 150 valence electrons. The molecule has 0 aliphatic carbocycles. The molecule has 3 rings (SSSR count). The number of nitrogens with one attached hydrogen (secondary N) is 2. The van der Waals surface area contributed by atoms with Crippen molar-refractivity contribution in [3.63, 3.8) is 0 Å². The van der Waals surface area contributed by atoms with E-state index >= 15 is 0 Å². The molecule has 1 aliphatic heterocycles. The topological polar surface area (TPSA) is 89.6 Å². The molecule has 0 spiro atoms. The molecule has 2 heterocycles. The van der Waals surface area contributed by atoms with Crippen LogP contribution >= 0.6 is 0 Å². The van der Waals surface area contributed by atoms with E-state index in [0.717, 1.165) is 25.9 Å². The zero-order valence-electron chi connectivity index (χ0n) is 14.7. The minimum absolute atomic E-state index is 0.0563. The summed E-state index contributed by atoms with van der Waals surface area (Å²) in [6.07, 6.45) is -0.539. The van der Waals surface area contributed by atoms with Crippen LogP contribution in [-0.4, -0.2) is 48.8 Å². The molecular weight excluding hydrogens is 379 g/mol. The maximum Gasteiger partial charge on any atom is 0.490 e. The van der Waals surface area contributed by atoms with Gasteiger partial charge in [0.25, 0.3) is 5.91 Å². The van der Waals surface area contributed by atoms with E-state index in [-0.39, 0.29) is 6.10 Å². The largest absolute Gasteiger partial charge is 0.490 e. The average molecular weight is 397 g/mol. The summed E-state index contributed by atoms with van der Waals surface area (Å²) in [4.78, 5) is 26.9. The number of pyridine rings is 1. The Morgan fingerprint density at radius 3 is 2.68 bits per heavy atom. The minimum atomic E-state index is -5.16. The molecule has 1 aromatic carbocycles. The van der Waals surface area contributed by atoms with E-state index in [1.54, 1.807) is 24.4 Å². The van der Waals surface area contributed by atoms with Gasteiger partial charge < -0.3 is 20.1 Å². The first-order valence-electron chi connectivity index (χ1n) is 8.62. The lowest BCUT2D eigenvalue weighted by Gasteiger charge is -2.25. The van der Waals surface area contributed by atoms with Crippen LogP contribution < -0.4 is 15.4 Å². The number of carbonyl (C=O) groups is 2. The van der Waals surface area contributed by atoms with Gasteiger partial charge in [-0.2, -0.15) is 13.2 Å². The fourth-order valence-electron chi connectivity index (χ4n) is 2.86. The summed E-state index contributed by atoms with van der Waals surface area (Å²) in [7, 11) is 0. The number of esters is 1. The van der Waals surface area contributed by atoms with Gasteiger partial charge in [0.15, 0.2) is 6.61 Å². The standard InChI is InChI=1S/C18H18F3N3O4/c19-18(20,21)17(26)27-10-15(25)24-16-13-5-8-23-9-11(13)1-2-14(16)28-12-3-6-22-7-4-12/h1-2,5,8-9,12,22H,3-4,6-7,10H2,(H,24,25). The SMILES string of the molecule is O=C(COC(=O)C(F)(F)F)Nc1c(OC2CCNCC2)ccc2cnccc12. The molecule has 0 bridgehead atoms. The Labute approximate surface area is 158 Å². The zero-order chi connectivity index (χ0) is 20.1. The lowest BCUT2D eigenvalue weighted by atomic mass is 10.1. The number of carbonyl (C=O) groups excluding carboxylic acids is 2. The lowest BCUT2D eigenvalue weighted by Crippen LogP contribution is -2.34. The van der Waals surface area contributed by atoms with Crippen molar-refractivity contribution in [2.75, 3.05) is 25.0 Å². The van der Waals surface area contributed by atoms with Gasteiger partial charge in [0.1, 0.15) is 11.9 Å². The minimum Gasteiger partial charge on any atom is -0.488 e. The van der Waals surface area contributed by atoms with Gasteiger partial charge in [0, 0.05) is 23.2 Å². The number of alkyl halides is 3. The highest BCUT2D eigenvalue weighted by Gasteiger charge is 2.41. The van der Waals surface area contributed by atoms with Crippen molar-refractivity contribution in [3.05, 3.63) is 30.6 Å². The highest BCUT2D eigenvalue weighted by Crippen LogP contribution is 2.34. The summed E-state index contributed by atoms with van der Waals surface area (Å²) in [5.41, 5.74) is 0.298. The number of nitrogens with zero attached hydrogens (tertiary/aromatic N) is 1. The third-order valence-corrected chi connectivity index (χ3v) is 4.19. The van der Waals surface area contributed by atoms with E-state index in [0.29, 0.717) is 22.2 Å². The molecular formula is C18H18F3N3O4. The van der Waals surface area contributed by atoms with Crippen molar-refractivity contribution in [1.29, 1.82) is 0 Å². The Balaban J connectivity index is 1.79. The third-order valence-electron chi connectivity index (χ3n) is 4.19. The van der Waals surface area contributed by atoms with Gasteiger partial charge >= 0.3 is 12.1 Å². The predicted octanol–water partition coefficient (Wildman–Crippen LogP) is 2.41. The van der Waals surface area contributed by atoms with Crippen LogP contribution in [0.4, 0.5) is 18.9 Å².